The van der Waals surface area contributed by atoms with Crippen LogP contribution in [0, 0.1) is 0 Å². The molecule has 0 spiro atoms. The Kier molecular flexibility index (Phi) is 5.54. The first-order chi connectivity index (χ1) is 17.2. The van der Waals surface area contributed by atoms with Crippen LogP contribution in [0.4, 0.5) is 0 Å². The minimum atomic E-state index is 0.110. The van der Waals surface area contributed by atoms with Gasteiger partial charge in [-0.15, -0.1) is 11.3 Å². The van der Waals surface area contributed by atoms with Crippen molar-refractivity contribution < 1.29 is 14.3 Å². The van der Waals surface area contributed by atoms with Crippen molar-refractivity contribution >= 4 is 33.8 Å². The summed E-state index contributed by atoms with van der Waals surface area (Å²) in [6.45, 7) is 1.98. The van der Waals surface area contributed by atoms with Crippen LogP contribution in [0.25, 0.3) is 27.1 Å². The number of imidazole rings is 1. The topological polar surface area (TPSA) is 81.9 Å². The van der Waals surface area contributed by atoms with E-state index in [9.17, 15) is 4.79 Å². The van der Waals surface area contributed by atoms with Crippen LogP contribution < -0.4 is 9.47 Å². The Hall–Kier alpha value is -3.98. The molecule has 0 N–H and O–H groups in total. The van der Waals surface area contributed by atoms with Crippen molar-refractivity contribution in [2.24, 2.45) is 0 Å². The van der Waals surface area contributed by atoms with Gasteiger partial charge in [0.05, 0.1) is 28.6 Å². The van der Waals surface area contributed by atoms with Crippen molar-refractivity contribution in [3.63, 3.8) is 0 Å². The third-order valence-electron chi connectivity index (χ3n) is 6.18. The summed E-state index contributed by atoms with van der Waals surface area (Å²) >= 11 is 1.48. The van der Waals surface area contributed by atoms with Gasteiger partial charge in [0.15, 0.2) is 5.65 Å². The summed E-state index contributed by atoms with van der Waals surface area (Å²) in [4.78, 5) is 25.2. The smallest absolute Gasteiger partial charge is 0.263 e. The van der Waals surface area contributed by atoms with Crippen LogP contribution >= 0.6 is 11.3 Å². The molecule has 6 rings (SSSR count). The highest BCUT2D eigenvalue weighted by molar-refractivity contribution is 7.17. The number of ether oxygens (including phenoxy) is 2. The van der Waals surface area contributed by atoms with Crippen molar-refractivity contribution in [1.29, 1.82) is 0 Å². The molecule has 35 heavy (non-hydrogen) atoms. The maximum Gasteiger partial charge on any atom is 0.263 e. The molecule has 4 aromatic heterocycles. The normalized spacial score (nSPS) is 13.6. The van der Waals surface area contributed by atoms with Crippen LogP contribution in [0.2, 0.25) is 0 Å². The predicted octanol–water partition coefficient (Wildman–Crippen LogP) is 4.83. The number of pyridine rings is 1. The predicted molar refractivity (Wildman–Crippen MR) is 134 cm³/mol. The standard InChI is InChI=1S/C26H23N5O3S/c1-33-18-4-5-19-21(14-18)27-11-10-22(19)34-16-17-15-28-25-9-6-20(29-31(17)25)23-7-8-24(35-23)26(32)30-12-2-3-13-30/h4-11,14-15H,2-3,12-13,16H2,1H3. The first kappa shape index (κ1) is 21.5. The molecule has 0 atom stereocenters. The highest BCUT2D eigenvalue weighted by atomic mass is 32.1. The molecule has 8 nitrogen and oxygen atoms in total. The van der Waals surface area contributed by atoms with Gasteiger partial charge in [0.2, 0.25) is 0 Å². The fourth-order valence-corrected chi connectivity index (χ4v) is 5.26. The lowest BCUT2D eigenvalue weighted by atomic mass is 10.2. The Labute approximate surface area is 205 Å². The molecule has 0 aliphatic carbocycles. The summed E-state index contributed by atoms with van der Waals surface area (Å²) in [6.07, 6.45) is 5.66. The molecule has 0 saturated carbocycles. The molecule has 1 fully saturated rings. The quantitative estimate of drug-likeness (QED) is 0.343. The molecule has 1 amide bonds. The van der Waals surface area contributed by atoms with Gasteiger partial charge >= 0.3 is 0 Å². The van der Waals surface area contributed by atoms with E-state index in [0.29, 0.717) is 6.61 Å². The Balaban J connectivity index is 1.25. The van der Waals surface area contributed by atoms with E-state index in [2.05, 4.69) is 9.97 Å². The molecule has 0 radical (unpaired) electrons. The Morgan fingerprint density at radius 3 is 2.80 bits per heavy atom. The molecule has 1 aliphatic rings. The number of fused-ring (bicyclic) bond motifs is 2. The maximum atomic E-state index is 12.7. The molecule has 9 heteroatoms. The van der Waals surface area contributed by atoms with Crippen LogP contribution in [-0.4, -0.2) is 50.6 Å². The Bertz CT molecular complexity index is 1540. The van der Waals surface area contributed by atoms with Gasteiger partial charge in [0.25, 0.3) is 5.91 Å². The van der Waals surface area contributed by atoms with Crippen molar-refractivity contribution in [2.45, 2.75) is 19.4 Å². The lowest BCUT2D eigenvalue weighted by Gasteiger charge is -2.13. The van der Waals surface area contributed by atoms with Gasteiger partial charge in [-0.05, 0) is 55.3 Å². The lowest BCUT2D eigenvalue weighted by Crippen LogP contribution is -2.26. The molecule has 0 bridgehead atoms. The van der Waals surface area contributed by atoms with Crippen LogP contribution in [0.1, 0.15) is 28.2 Å². The molecule has 0 unspecified atom stereocenters. The highest BCUT2D eigenvalue weighted by Crippen LogP contribution is 2.30. The number of hydrogen-bond donors (Lipinski definition) is 0. The summed E-state index contributed by atoms with van der Waals surface area (Å²) < 4.78 is 13.2. The largest absolute Gasteiger partial charge is 0.497 e. The molecule has 1 saturated heterocycles. The zero-order valence-corrected chi connectivity index (χ0v) is 20.0. The summed E-state index contributed by atoms with van der Waals surface area (Å²) in [5.41, 5.74) is 3.16. The SMILES string of the molecule is COc1ccc2c(OCc3cnc4ccc(-c5ccc(C(=O)N6CCCC6)s5)nn34)ccnc2c1. The van der Waals surface area contributed by atoms with E-state index < -0.39 is 0 Å². The number of rotatable bonds is 6. The second-order valence-electron chi connectivity index (χ2n) is 8.38. The molecular formula is C26H23N5O3S. The van der Waals surface area contributed by atoms with Gasteiger partial charge in [-0.25, -0.2) is 9.50 Å². The van der Waals surface area contributed by atoms with Gasteiger partial charge in [-0.3, -0.25) is 9.78 Å². The number of nitrogens with zero attached hydrogens (tertiary/aromatic N) is 5. The van der Waals surface area contributed by atoms with E-state index in [4.69, 9.17) is 14.6 Å². The van der Waals surface area contributed by atoms with Crippen molar-refractivity contribution in [2.75, 3.05) is 20.2 Å². The van der Waals surface area contributed by atoms with E-state index >= 15 is 0 Å². The van der Waals surface area contributed by atoms with Crippen molar-refractivity contribution in [3.05, 3.63) is 71.5 Å². The zero-order chi connectivity index (χ0) is 23.8. The second kappa shape index (κ2) is 8.99. The highest BCUT2D eigenvalue weighted by Gasteiger charge is 2.21. The van der Waals surface area contributed by atoms with Crippen LogP contribution in [0.3, 0.4) is 0 Å². The minimum Gasteiger partial charge on any atom is -0.497 e. The van der Waals surface area contributed by atoms with E-state index in [1.165, 1.54) is 11.3 Å². The summed E-state index contributed by atoms with van der Waals surface area (Å²) in [7, 11) is 1.63. The Morgan fingerprint density at radius 1 is 1.06 bits per heavy atom. The third-order valence-corrected chi connectivity index (χ3v) is 7.28. The fraction of sp³-hybridized carbons (Fsp3) is 0.231. The maximum absolute atomic E-state index is 12.7. The average molecular weight is 486 g/mol. The van der Waals surface area contributed by atoms with Crippen LogP contribution in [-0.2, 0) is 6.61 Å². The molecule has 1 aromatic carbocycles. The number of carbonyl (C=O) groups is 1. The molecule has 1 aliphatic heterocycles. The third kappa shape index (κ3) is 4.08. The molecule has 5 aromatic rings. The second-order valence-corrected chi connectivity index (χ2v) is 9.47. The number of carbonyl (C=O) groups excluding carboxylic acids is 1. The summed E-state index contributed by atoms with van der Waals surface area (Å²) in [5.74, 6) is 1.59. The number of methoxy groups -OCH3 is 1. The number of amides is 1. The van der Waals surface area contributed by atoms with Gasteiger partial charge in [-0.2, -0.15) is 5.10 Å². The zero-order valence-electron chi connectivity index (χ0n) is 19.2. The number of aromatic nitrogens is 4. The minimum absolute atomic E-state index is 0.110. The van der Waals surface area contributed by atoms with Gasteiger partial charge in [0, 0.05) is 30.7 Å². The molecule has 5 heterocycles. The van der Waals surface area contributed by atoms with Gasteiger partial charge in [-0.1, -0.05) is 0 Å². The van der Waals surface area contributed by atoms with E-state index in [1.807, 2.05) is 53.4 Å². The lowest BCUT2D eigenvalue weighted by molar-refractivity contribution is 0.0797. The molecular weight excluding hydrogens is 462 g/mol. The number of benzene rings is 1. The number of hydrogen-bond acceptors (Lipinski definition) is 7. The first-order valence-corrected chi connectivity index (χ1v) is 12.3. The van der Waals surface area contributed by atoms with Crippen LogP contribution in [0.5, 0.6) is 11.5 Å². The molecule has 176 valence electrons. The summed E-state index contributed by atoms with van der Waals surface area (Å²) in [6, 6.07) is 15.3. The monoisotopic (exact) mass is 485 g/mol. The first-order valence-electron chi connectivity index (χ1n) is 11.5. The van der Waals surface area contributed by atoms with Gasteiger partial charge < -0.3 is 14.4 Å². The number of likely N-dealkylation sites (tertiary alicyclic amines) is 1. The van der Waals surface area contributed by atoms with Gasteiger partial charge in [0.1, 0.15) is 29.5 Å². The van der Waals surface area contributed by atoms with Crippen molar-refractivity contribution in [3.8, 4) is 22.1 Å². The van der Waals surface area contributed by atoms with E-state index in [1.54, 1.807) is 24.0 Å². The van der Waals surface area contributed by atoms with Crippen LogP contribution in [0.15, 0.2) is 60.9 Å². The summed E-state index contributed by atoms with van der Waals surface area (Å²) in [5, 5.41) is 5.71. The van der Waals surface area contributed by atoms with E-state index in [-0.39, 0.29) is 5.91 Å². The average Bonchev–Trinajstić information content (AvgIpc) is 3.67. The van der Waals surface area contributed by atoms with E-state index in [0.717, 1.165) is 75.1 Å². The van der Waals surface area contributed by atoms with Crippen molar-refractivity contribution in [1.82, 2.24) is 24.5 Å². The Morgan fingerprint density at radius 2 is 1.94 bits per heavy atom. The fourth-order valence-electron chi connectivity index (χ4n) is 4.32. The number of thiophene rings is 1.